The van der Waals surface area contributed by atoms with E-state index in [9.17, 15) is 0 Å². The fourth-order valence-electron chi connectivity index (χ4n) is 2.03. The van der Waals surface area contributed by atoms with E-state index in [1.165, 1.54) is 44.9 Å². The zero-order valence-corrected chi connectivity index (χ0v) is 12.9. The summed E-state index contributed by atoms with van der Waals surface area (Å²) < 4.78 is 0. The quantitative estimate of drug-likeness (QED) is 0.471. The van der Waals surface area contributed by atoms with Gasteiger partial charge >= 0.3 is 0 Å². The maximum atomic E-state index is 2.43. The zero-order chi connectivity index (χ0) is 12.4. The van der Waals surface area contributed by atoms with Gasteiger partial charge in [0.15, 0.2) is 0 Å². The van der Waals surface area contributed by atoms with Crippen LogP contribution in [0.4, 0.5) is 0 Å². The van der Waals surface area contributed by atoms with E-state index in [0.717, 1.165) is 17.1 Å². The Morgan fingerprint density at radius 1 is 0.812 bits per heavy atom. The lowest BCUT2D eigenvalue weighted by molar-refractivity contribution is 0.408. The monoisotopic (exact) mass is 244 g/mol. The van der Waals surface area contributed by atoms with Crippen molar-refractivity contribution < 1.29 is 0 Å². The van der Waals surface area contributed by atoms with E-state index in [2.05, 4.69) is 34.0 Å². The standard InChI is InChI=1S/C15H32S/c1-6-13(2)9-7-10-14(3)11-8-12-15(4)16-5/h13-15H,6-12H2,1-5H3. The van der Waals surface area contributed by atoms with E-state index in [1.54, 1.807) is 0 Å². The van der Waals surface area contributed by atoms with Gasteiger partial charge in [-0.25, -0.2) is 0 Å². The predicted molar refractivity (Wildman–Crippen MR) is 79.3 cm³/mol. The van der Waals surface area contributed by atoms with E-state index < -0.39 is 0 Å². The van der Waals surface area contributed by atoms with Gasteiger partial charge in [0.05, 0.1) is 0 Å². The number of hydrogen-bond donors (Lipinski definition) is 0. The summed E-state index contributed by atoms with van der Waals surface area (Å²) in [5.74, 6) is 1.88. The van der Waals surface area contributed by atoms with E-state index in [-0.39, 0.29) is 0 Å². The summed E-state index contributed by atoms with van der Waals surface area (Å²) in [7, 11) is 0. The molecule has 0 fully saturated rings. The molecule has 98 valence electrons. The van der Waals surface area contributed by atoms with Crippen LogP contribution in [-0.2, 0) is 0 Å². The van der Waals surface area contributed by atoms with Gasteiger partial charge in [-0.3, -0.25) is 0 Å². The lowest BCUT2D eigenvalue weighted by atomic mass is 9.94. The third-order valence-electron chi connectivity index (χ3n) is 3.80. The first-order valence-electron chi connectivity index (χ1n) is 7.12. The molecule has 3 unspecified atom stereocenters. The molecule has 0 aliphatic rings. The second-order valence-electron chi connectivity index (χ2n) is 5.53. The average Bonchev–Trinajstić information content (AvgIpc) is 2.28. The maximum Gasteiger partial charge on any atom is 0.00159 e. The first kappa shape index (κ1) is 16.4. The van der Waals surface area contributed by atoms with E-state index in [1.807, 2.05) is 11.8 Å². The van der Waals surface area contributed by atoms with Gasteiger partial charge in [0, 0.05) is 5.25 Å². The smallest absolute Gasteiger partial charge is 0.00159 e. The fraction of sp³-hybridized carbons (Fsp3) is 1.00. The molecular formula is C15H32S. The molecule has 0 aromatic heterocycles. The summed E-state index contributed by atoms with van der Waals surface area (Å²) in [5.41, 5.74) is 0. The van der Waals surface area contributed by atoms with Crippen molar-refractivity contribution in [2.75, 3.05) is 6.26 Å². The Morgan fingerprint density at radius 2 is 1.31 bits per heavy atom. The molecule has 0 aromatic carbocycles. The van der Waals surface area contributed by atoms with Crippen LogP contribution in [-0.4, -0.2) is 11.5 Å². The number of hydrogen-bond acceptors (Lipinski definition) is 1. The molecular weight excluding hydrogens is 212 g/mol. The topological polar surface area (TPSA) is 0 Å². The fourth-order valence-corrected chi connectivity index (χ4v) is 2.44. The molecule has 1 heteroatoms. The summed E-state index contributed by atoms with van der Waals surface area (Å²) in [4.78, 5) is 0. The van der Waals surface area contributed by atoms with Crippen LogP contribution >= 0.6 is 11.8 Å². The molecule has 0 nitrogen and oxygen atoms in total. The summed E-state index contributed by atoms with van der Waals surface area (Å²) >= 11 is 2.00. The molecule has 0 saturated heterocycles. The first-order valence-corrected chi connectivity index (χ1v) is 8.41. The Labute approximate surface area is 108 Å². The van der Waals surface area contributed by atoms with Gasteiger partial charge in [-0.1, -0.05) is 66.2 Å². The molecule has 0 spiro atoms. The predicted octanol–water partition coefficient (Wildman–Crippen LogP) is 5.76. The Kier molecular flexibility index (Phi) is 10.7. The molecule has 0 saturated carbocycles. The molecule has 16 heavy (non-hydrogen) atoms. The molecule has 0 heterocycles. The van der Waals surface area contributed by atoms with Crippen LogP contribution in [0.5, 0.6) is 0 Å². The van der Waals surface area contributed by atoms with Gasteiger partial charge in [-0.2, -0.15) is 11.8 Å². The van der Waals surface area contributed by atoms with Gasteiger partial charge in [0.25, 0.3) is 0 Å². The first-order chi connectivity index (χ1) is 7.60. The van der Waals surface area contributed by atoms with Crippen molar-refractivity contribution in [3.63, 3.8) is 0 Å². The SMILES string of the molecule is CCC(C)CCCC(C)CCCC(C)SC. The van der Waals surface area contributed by atoms with Gasteiger partial charge < -0.3 is 0 Å². The van der Waals surface area contributed by atoms with E-state index in [0.29, 0.717) is 0 Å². The van der Waals surface area contributed by atoms with E-state index in [4.69, 9.17) is 0 Å². The average molecular weight is 244 g/mol. The number of rotatable bonds is 10. The molecule has 3 atom stereocenters. The Bertz CT molecular complexity index is 128. The van der Waals surface area contributed by atoms with Gasteiger partial charge in [-0.05, 0) is 24.5 Å². The van der Waals surface area contributed by atoms with Crippen LogP contribution < -0.4 is 0 Å². The van der Waals surface area contributed by atoms with Crippen molar-refractivity contribution in [3.8, 4) is 0 Å². The van der Waals surface area contributed by atoms with Crippen molar-refractivity contribution in [2.45, 2.75) is 77.9 Å². The third-order valence-corrected chi connectivity index (χ3v) is 4.84. The summed E-state index contributed by atoms with van der Waals surface area (Å²) in [6, 6.07) is 0. The molecule has 0 amide bonds. The minimum absolute atomic E-state index is 0.854. The van der Waals surface area contributed by atoms with E-state index >= 15 is 0 Å². The Balaban J connectivity index is 3.34. The molecule has 0 N–H and O–H groups in total. The van der Waals surface area contributed by atoms with Gasteiger partial charge in [0.2, 0.25) is 0 Å². The van der Waals surface area contributed by atoms with Gasteiger partial charge in [-0.15, -0.1) is 0 Å². The second-order valence-corrected chi connectivity index (χ2v) is 6.80. The highest BCUT2D eigenvalue weighted by atomic mass is 32.2. The molecule has 0 aliphatic carbocycles. The van der Waals surface area contributed by atoms with Gasteiger partial charge in [0.1, 0.15) is 0 Å². The van der Waals surface area contributed by atoms with Crippen molar-refractivity contribution in [2.24, 2.45) is 11.8 Å². The van der Waals surface area contributed by atoms with Crippen LogP contribution in [0.15, 0.2) is 0 Å². The second kappa shape index (κ2) is 10.5. The third kappa shape index (κ3) is 9.57. The summed E-state index contributed by atoms with van der Waals surface area (Å²) in [5, 5.41) is 0.854. The highest BCUT2D eigenvalue weighted by molar-refractivity contribution is 7.99. The highest BCUT2D eigenvalue weighted by Gasteiger charge is 2.05. The van der Waals surface area contributed by atoms with Crippen LogP contribution in [0.1, 0.15) is 72.6 Å². The summed E-state index contributed by atoms with van der Waals surface area (Å²) in [6.45, 7) is 9.46. The van der Waals surface area contributed by atoms with Crippen molar-refractivity contribution in [1.82, 2.24) is 0 Å². The molecule has 0 aliphatic heterocycles. The van der Waals surface area contributed by atoms with Crippen LogP contribution in [0.2, 0.25) is 0 Å². The minimum Gasteiger partial charge on any atom is -0.162 e. The van der Waals surface area contributed by atoms with Crippen LogP contribution in [0, 0.1) is 11.8 Å². The highest BCUT2D eigenvalue weighted by Crippen LogP contribution is 2.21. The lowest BCUT2D eigenvalue weighted by Crippen LogP contribution is -2.00. The number of thioether (sulfide) groups is 1. The van der Waals surface area contributed by atoms with Crippen LogP contribution in [0.3, 0.4) is 0 Å². The Hall–Kier alpha value is 0.350. The van der Waals surface area contributed by atoms with Crippen molar-refractivity contribution >= 4 is 11.8 Å². The van der Waals surface area contributed by atoms with Crippen molar-refractivity contribution in [3.05, 3.63) is 0 Å². The molecule has 0 rings (SSSR count). The molecule has 0 aromatic rings. The van der Waals surface area contributed by atoms with Crippen molar-refractivity contribution in [1.29, 1.82) is 0 Å². The normalized spacial score (nSPS) is 17.1. The summed E-state index contributed by atoms with van der Waals surface area (Å²) in [6.07, 6.45) is 12.1. The maximum absolute atomic E-state index is 2.43. The molecule has 0 radical (unpaired) electrons. The molecule has 0 bridgehead atoms. The lowest BCUT2D eigenvalue weighted by Gasteiger charge is -2.14. The zero-order valence-electron chi connectivity index (χ0n) is 12.1. The largest absolute Gasteiger partial charge is 0.162 e. The van der Waals surface area contributed by atoms with Crippen LogP contribution in [0.25, 0.3) is 0 Å². The minimum atomic E-state index is 0.854. The Morgan fingerprint density at radius 3 is 1.81 bits per heavy atom.